The van der Waals surface area contributed by atoms with Crippen molar-refractivity contribution in [3.05, 3.63) is 65.5 Å². The predicted molar refractivity (Wildman–Crippen MR) is 82.4 cm³/mol. The fraction of sp³-hybridized carbons (Fsp3) is 0.294. The lowest BCUT2D eigenvalue weighted by molar-refractivity contribution is 0.585. The summed E-state index contributed by atoms with van der Waals surface area (Å²) < 4.78 is 13.9. The highest BCUT2D eigenvalue weighted by molar-refractivity contribution is 5.55. The minimum atomic E-state index is -0.164. The Hall–Kier alpha value is -1.87. The lowest BCUT2D eigenvalue weighted by Gasteiger charge is -2.29. The van der Waals surface area contributed by atoms with Crippen LogP contribution in [0.25, 0.3) is 0 Å². The molecule has 3 heteroatoms. The average molecular weight is 272 g/mol. The molecule has 2 nitrogen and oxygen atoms in total. The van der Waals surface area contributed by atoms with Crippen LogP contribution in [0.2, 0.25) is 0 Å². The number of rotatable bonds is 5. The lowest BCUT2D eigenvalue weighted by atomic mass is 10.0. The molecule has 0 saturated carbocycles. The normalized spacial score (nSPS) is 12.2. The van der Waals surface area contributed by atoms with Crippen LogP contribution in [0.3, 0.4) is 0 Å². The van der Waals surface area contributed by atoms with Crippen LogP contribution in [0.4, 0.5) is 10.1 Å². The van der Waals surface area contributed by atoms with Gasteiger partial charge in [-0.2, -0.15) is 0 Å². The highest BCUT2D eigenvalue weighted by Crippen LogP contribution is 2.29. The average Bonchev–Trinajstić information content (AvgIpc) is 2.47. The monoisotopic (exact) mass is 272 g/mol. The minimum Gasteiger partial charge on any atom is -0.367 e. The molecule has 0 bridgehead atoms. The van der Waals surface area contributed by atoms with E-state index in [1.807, 2.05) is 38.2 Å². The van der Waals surface area contributed by atoms with E-state index in [1.165, 1.54) is 11.6 Å². The topological polar surface area (TPSA) is 29.3 Å². The van der Waals surface area contributed by atoms with Crippen LogP contribution in [0.15, 0.2) is 48.5 Å². The van der Waals surface area contributed by atoms with E-state index in [0.29, 0.717) is 12.1 Å². The second-order valence-electron chi connectivity index (χ2n) is 4.98. The fourth-order valence-electron chi connectivity index (χ4n) is 2.45. The first-order chi connectivity index (χ1) is 9.65. The van der Waals surface area contributed by atoms with Crippen LogP contribution < -0.4 is 10.6 Å². The molecule has 0 aliphatic rings. The molecular formula is C17H21FN2. The maximum Gasteiger partial charge on any atom is 0.128 e. The maximum atomic E-state index is 13.9. The van der Waals surface area contributed by atoms with Gasteiger partial charge in [0.05, 0.1) is 6.04 Å². The van der Waals surface area contributed by atoms with Crippen LogP contribution in [0, 0.1) is 5.82 Å². The van der Waals surface area contributed by atoms with Crippen LogP contribution >= 0.6 is 0 Å². The van der Waals surface area contributed by atoms with Gasteiger partial charge in [-0.05, 0) is 37.6 Å². The third kappa shape index (κ3) is 2.99. The Morgan fingerprint density at radius 1 is 1.10 bits per heavy atom. The van der Waals surface area contributed by atoms with E-state index in [4.69, 9.17) is 5.73 Å². The van der Waals surface area contributed by atoms with Gasteiger partial charge in [-0.3, -0.25) is 0 Å². The van der Waals surface area contributed by atoms with E-state index in [0.717, 1.165) is 12.1 Å². The molecule has 0 fully saturated rings. The van der Waals surface area contributed by atoms with E-state index in [-0.39, 0.29) is 11.9 Å². The molecule has 2 rings (SSSR count). The van der Waals surface area contributed by atoms with Crippen molar-refractivity contribution in [2.75, 3.05) is 18.5 Å². The van der Waals surface area contributed by atoms with Gasteiger partial charge in [0.1, 0.15) is 5.82 Å². The summed E-state index contributed by atoms with van der Waals surface area (Å²) in [6.07, 6.45) is 0.824. The molecule has 106 valence electrons. The Balaban J connectivity index is 2.31. The Morgan fingerprint density at radius 3 is 2.45 bits per heavy atom. The standard InChI is InChI=1S/C17H21FN2/c1-13(15-8-4-5-9-16(15)18)20(2)17-10-6-3-7-14(17)11-12-19/h3-10,13H,11-12,19H2,1-2H3. The third-order valence-corrected chi connectivity index (χ3v) is 3.72. The number of nitrogens with zero attached hydrogens (tertiary/aromatic N) is 1. The number of anilines is 1. The smallest absolute Gasteiger partial charge is 0.128 e. The molecule has 2 aromatic carbocycles. The van der Waals surface area contributed by atoms with Gasteiger partial charge >= 0.3 is 0 Å². The quantitative estimate of drug-likeness (QED) is 0.902. The van der Waals surface area contributed by atoms with Crippen LogP contribution in [0.1, 0.15) is 24.1 Å². The zero-order valence-electron chi connectivity index (χ0n) is 12.0. The van der Waals surface area contributed by atoms with Crippen LogP contribution in [-0.4, -0.2) is 13.6 Å². The number of halogens is 1. The molecule has 0 aliphatic heterocycles. The van der Waals surface area contributed by atoms with E-state index in [2.05, 4.69) is 17.0 Å². The first kappa shape index (κ1) is 14.5. The summed E-state index contributed by atoms with van der Waals surface area (Å²) in [6.45, 7) is 2.62. The summed E-state index contributed by atoms with van der Waals surface area (Å²) >= 11 is 0. The second kappa shape index (κ2) is 6.53. The van der Waals surface area contributed by atoms with Crippen molar-refractivity contribution >= 4 is 5.69 Å². The number of hydrogen-bond donors (Lipinski definition) is 1. The highest BCUT2D eigenvalue weighted by atomic mass is 19.1. The number of hydrogen-bond acceptors (Lipinski definition) is 2. The Kier molecular flexibility index (Phi) is 4.74. The summed E-state index contributed by atoms with van der Waals surface area (Å²) in [4.78, 5) is 2.10. The Morgan fingerprint density at radius 2 is 1.75 bits per heavy atom. The van der Waals surface area contributed by atoms with Gasteiger partial charge in [0.25, 0.3) is 0 Å². The summed E-state index contributed by atoms with van der Waals surface area (Å²) in [5, 5.41) is 0. The fourth-order valence-corrected chi connectivity index (χ4v) is 2.45. The van der Waals surface area contributed by atoms with Crippen molar-refractivity contribution in [2.24, 2.45) is 5.73 Å². The van der Waals surface area contributed by atoms with Gasteiger partial charge in [-0.25, -0.2) is 4.39 Å². The largest absolute Gasteiger partial charge is 0.367 e. The summed E-state index contributed by atoms with van der Waals surface area (Å²) in [5.41, 5.74) is 8.67. The van der Waals surface area contributed by atoms with Crippen molar-refractivity contribution in [1.82, 2.24) is 0 Å². The summed E-state index contributed by atoms with van der Waals surface area (Å²) in [5.74, 6) is -0.164. The summed E-state index contributed by atoms with van der Waals surface area (Å²) in [6, 6.07) is 15.0. The van der Waals surface area contributed by atoms with Gasteiger partial charge in [0.2, 0.25) is 0 Å². The van der Waals surface area contributed by atoms with Gasteiger partial charge in [0.15, 0.2) is 0 Å². The number of para-hydroxylation sites is 1. The molecule has 2 N–H and O–H groups in total. The second-order valence-corrected chi connectivity index (χ2v) is 4.98. The van der Waals surface area contributed by atoms with Crippen molar-refractivity contribution in [3.63, 3.8) is 0 Å². The molecule has 0 saturated heterocycles. The molecule has 0 heterocycles. The molecule has 0 aliphatic carbocycles. The van der Waals surface area contributed by atoms with Crippen molar-refractivity contribution in [2.45, 2.75) is 19.4 Å². The van der Waals surface area contributed by atoms with Gasteiger partial charge in [-0.1, -0.05) is 36.4 Å². The van der Waals surface area contributed by atoms with E-state index in [1.54, 1.807) is 6.07 Å². The van der Waals surface area contributed by atoms with Gasteiger partial charge in [-0.15, -0.1) is 0 Å². The lowest BCUT2D eigenvalue weighted by Crippen LogP contribution is -2.24. The third-order valence-electron chi connectivity index (χ3n) is 3.72. The molecule has 0 amide bonds. The SMILES string of the molecule is CC(c1ccccc1F)N(C)c1ccccc1CCN. The van der Waals surface area contributed by atoms with Gasteiger partial charge in [0, 0.05) is 18.3 Å². The maximum absolute atomic E-state index is 13.9. The predicted octanol–water partition coefficient (Wildman–Crippen LogP) is 3.52. The molecule has 0 spiro atoms. The highest BCUT2D eigenvalue weighted by Gasteiger charge is 2.17. The van der Waals surface area contributed by atoms with E-state index >= 15 is 0 Å². The zero-order chi connectivity index (χ0) is 14.5. The molecule has 2 aromatic rings. The van der Waals surface area contributed by atoms with Gasteiger partial charge < -0.3 is 10.6 Å². The van der Waals surface area contributed by atoms with Crippen molar-refractivity contribution in [1.29, 1.82) is 0 Å². The first-order valence-corrected chi connectivity index (χ1v) is 6.90. The molecule has 1 atom stereocenters. The molecule has 20 heavy (non-hydrogen) atoms. The molecular weight excluding hydrogens is 251 g/mol. The number of nitrogens with two attached hydrogens (primary N) is 1. The van der Waals surface area contributed by atoms with E-state index < -0.39 is 0 Å². The Bertz CT molecular complexity index is 568. The van der Waals surface area contributed by atoms with Crippen molar-refractivity contribution < 1.29 is 4.39 Å². The minimum absolute atomic E-state index is 0.0323. The van der Waals surface area contributed by atoms with E-state index in [9.17, 15) is 4.39 Å². The molecule has 0 radical (unpaired) electrons. The van der Waals surface area contributed by atoms with Crippen LogP contribution in [-0.2, 0) is 6.42 Å². The van der Waals surface area contributed by atoms with Crippen LogP contribution in [0.5, 0.6) is 0 Å². The first-order valence-electron chi connectivity index (χ1n) is 6.90. The number of benzene rings is 2. The summed E-state index contributed by atoms with van der Waals surface area (Å²) in [7, 11) is 1.99. The van der Waals surface area contributed by atoms with Crippen molar-refractivity contribution in [3.8, 4) is 0 Å². The Labute approximate surface area is 120 Å². The molecule has 1 unspecified atom stereocenters. The molecule has 0 aromatic heterocycles. The zero-order valence-corrected chi connectivity index (χ0v) is 12.0.